The van der Waals surface area contributed by atoms with E-state index in [0.717, 1.165) is 25.7 Å². The SMILES string of the molecule is CO[C@H]1C[C@@H](CCNC(N)=O)CC[C@H]1OC. The molecular formula is C11H22N2O3. The fourth-order valence-electron chi connectivity index (χ4n) is 2.36. The molecule has 0 spiro atoms. The Kier molecular flexibility index (Phi) is 5.55. The van der Waals surface area contributed by atoms with Crippen molar-refractivity contribution in [3.63, 3.8) is 0 Å². The van der Waals surface area contributed by atoms with Crippen LogP contribution < -0.4 is 11.1 Å². The minimum absolute atomic E-state index is 0.178. The number of rotatable bonds is 5. The predicted octanol–water partition coefficient (Wildman–Crippen LogP) is 0.875. The first-order valence-electron chi connectivity index (χ1n) is 5.76. The highest BCUT2D eigenvalue weighted by Gasteiger charge is 2.30. The summed E-state index contributed by atoms with van der Waals surface area (Å²) in [6, 6.07) is -0.450. The number of carbonyl (C=O) groups is 1. The van der Waals surface area contributed by atoms with E-state index in [1.54, 1.807) is 14.2 Å². The van der Waals surface area contributed by atoms with Crippen LogP contribution in [0.15, 0.2) is 0 Å². The lowest BCUT2D eigenvalue weighted by Crippen LogP contribution is -2.38. The Bertz CT molecular complexity index is 223. The third kappa shape index (κ3) is 3.98. The van der Waals surface area contributed by atoms with Gasteiger partial charge >= 0.3 is 6.03 Å². The van der Waals surface area contributed by atoms with Crippen molar-refractivity contribution >= 4 is 6.03 Å². The molecule has 0 aromatic carbocycles. The molecule has 16 heavy (non-hydrogen) atoms. The summed E-state index contributed by atoms with van der Waals surface area (Å²) in [5.74, 6) is 0.586. The fraction of sp³-hybridized carbons (Fsp3) is 0.909. The summed E-state index contributed by atoms with van der Waals surface area (Å²) in [5, 5.41) is 2.62. The van der Waals surface area contributed by atoms with Gasteiger partial charge in [0, 0.05) is 20.8 Å². The Labute approximate surface area is 96.7 Å². The molecule has 0 heterocycles. The molecule has 3 N–H and O–H groups in total. The molecule has 0 aromatic rings. The Balaban J connectivity index is 2.27. The van der Waals surface area contributed by atoms with Crippen molar-refractivity contribution in [3.8, 4) is 0 Å². The van der Waals surface area contributed by atoms with Crippen LogP contribution in [0.1, 0.15) is 25.7 Å². The van der Waals surface area contributed by atoms with E-state index in [2.05, 4.69) is 5.32 Å². The molecule has 5 nitrogen and oxygen atoms in total. The summed E-state index contributed by atoms with van der Waals surface area (Å²) < 4.78 is 10.8. The van der Waals surface area contributed by atoms with E-state index in [1.807, 2.05) is 0 Å². The number of amides is 2. The lowest BCUT2D eigenvalue weighted by molar-refractivity contribution is -0.0709. The molecule has 1 rings (SSSR count). The Hall–Kier alpha value is -0.810. The lowest BCUT2D eigenvalue weighted by Gasteiger charge is -2.34. The van der Waals surface area contributed by atoms with Crippen molar-refractivity contribution in [2.45, 2.75) is 37.9 Å². The molecule has 1 fully saturated rings. The topological polar surface area (TPSA) is 73.6 Å². The summed E-state index contributed by atoms with van der Waals surface area (Å²) >= 11 is 0. The van der Waals surface area contributed by atoms with Gasteiger partial charge in [0.05, 0.1) is 12.2 Å². The van der Waals surface area contributed by atoms with Gasteiger partial charge in [-0.05, 0) is 31.6 Å². The number of hydrogen-bond donors (Lipinski definition) is 2. The molecule has 1 saturated carbocycles. The molecule has 0 saturated heterocycles. The quantitative estimate of drug-likeness (QED) is 0.736. The minimum atomic E-state index is -0.450. The highest BCUT2D eigenvalue weighted by molar-refractivity contribution is 5.71. The van der Waals surface area contributed by atoms with Gasteiger partial charge in [0.1, 0.15) is 0 Å². The molecule has 0 aliphatic heterocycles. The van der Waals surface area contributed by atoms with Crippen LogP contribution in [0.5, 0.6) is 0 Å². The number of urea groups is 1. The summed E-state index contributed by atoms with van der Waals surface area (Å²) in [5.41, 5.74) is 5.01. The maximum Gasteiger partial charge on any atom is 0.312 e. The van der Waals surface area contributed by atoms with Gasteiger partial charge in [-0.1, -0.05) is 0 Å². The molecular weight excluding hydrogens is 208 g/mol. The first-order valence-corrected chi connectivity index (χ1v) is 5.76. The van der Waals surface area contributed by atoms with E-state index in [0.29, 0.717) is 12.5 Å². The van der Waals surface area contributed by atoms with Crippen molar-refractivity contribution in [1.82, 2.24) is 5.32 Å². The zero-order valence-corrected chi connectivity index (χ0v) is 10.1. The van der Waals surface area contributed by atoms with Gasteiger partial charge in [-0.25, -0.2) is 4.79 Å². The second-order valence-electron chi connectivity index (χ2n) is 4.31. The monoisotopic (exact) mass is 230 g/mol. The van der Waals surface area contributed by atoms with Crippen LogP contribution in [0.3, 0.4) is 0 Å². The molecule has 0 radical (unpaired) electrons. The Morgan fingerprint density at radius 1 is 1.31 bits per heavy atom. The number of methoxy groups -OCH3 is 2. The van der Waals surface area contributed by atoms with Crippen LogP contribution in [0.25, 0.3) is 0 Å². The number of carbonyl (C=O) groups excluding carboxylic acids is 1. The highest BCUT2D eigenvalue weighted by atomic mass is 16.5. The van der Waals surface area contributed by atoms with Gasteiger partial charge in [-0.15, -0.1) is 0 Å². The number of nitrogens with two attached hydrogens (primary N) is 1. The maximum atomic E-state index is 10.5. The highest BCUT2D eigenvalue weighted by Crippen LogP contribution is 2.29. The molecule has 0 bridgehead atoms. The molecule has 1 aliphatic rings. The van der Waals surface area contributed by atoms with E-state index in [1.165, 1.54) is 0 Å². The van der Waals surface area contributed by atoms with E-state index >= 15 is 0 Å². The third-order valence-corrected chi connectivity index (χ3v) is 3.30. The maximum absolute atomic E-state index is 10.5. The molecule has 5 heteroatoms. The van der Waals surface area contributed by atoms with Crippen molar-refractivity contribution in [3.05, 3.63) is 0 Å². The smallest absolute Gasteiger partial charge is 0.312 e. The number of ether oxygens (including phenoxy) is 2. The van der Waals surface area contributed by atoms with Gasteiger partial charge < -0.3 is 20.5 Å². The van der Waals surface area contributed by atoms with Crippen LogP contribution >= 0.6 is 0 Å². The first kappa shape index (κ1) is 13.3. The summed E-state index contributed by atoms with van der Waals surface area (Å²) in [7, 11) is 3.45. The average molecular weight is 230 g/mol. The molecule has 2 amide bonds. The number of primary amides is 1. The van der Waals surface area contributed by atoms with Gasteiger partial charge in [0.25, 0.3) is 0 Å². The Morgan fingerprint density at radius 3 is 2.56 bits per heavy atom. The predicted molar refractivity (Wildman–Crippen MR) is 61.1 cm³/mol. The average Bonchev–Trinajstić information content (AvgIpc) is 2.28. The molecule has 1 aliphatic carbocycles. The minimum Gasteiger partial charge on any atom is -0.379 e. The molecule has 94 valence electrons. The first-order chi connectivity index (χ1) is 7.67. The summed E-state index contributed by atoms with van der Waals surface area (Å²) in [6.45, 7) is 0.647. The second kappa shape index (κ2) is 6.70. The zero-order valence-electron chi connectivity index (χ0n) is 10.1. The number of hydrogen-bond acceptors (Lipinski definition) is 3. The van der Waals surface area contributed by atoms with E-state index < -0.39 is 6.03 Å². The van der Waals surface area contributed by atoms with Crippen LogP contribution in [-0.4, -0.2) is 39.0 Å². The van der Waals surface area contributed by atoms with E-state index in [9.17, 15) is 4.79 Å². The van der Waals surface area contributed by atoms with Crippen LogP contribution in [0.4, 0.5) is 4.79 Å². The van der Waals surface area contributed by atoms with Crippen molar-refractivity contribution < 1.29 is 14.3 Å². The second-order valence-corrected chi connectivity index (χ2v) is 4.31. The van der Waals surface area contributed by atoms with Gasteiger partial charge in [0.2, 0.25) is 0 Å². The third-order valence-electron chi connectivity index (χ3n) is 3.30. The fourth-order valence-corrected chi connectivity index (χ4v) is 2.36. The Morgan fingerprint density at radius 2 is 2.00 bits per heavy atom. The van der Waals surface area contributed by atoms with E-state index in [-0.39, 0.29) is 12.2 Å². The van der Waals surface area contributed by atoms with Crippen molar-refractivity contribution in [2.24, 2.45) is 11.7 Å². The summed E-state index contributed by atoms with van der Waals surface area (Å²) in [4.78, 5) is 10.5. The number of nitrogens with one attached hydrogen (secondary N) is 1. The summed E-state index contributed by atoms with van der Waals surface area (Å²) in [6.07, 6.45) is 4.49. The van der Waals surface area contributed by atoms with Crippen molar-refractivity contribution in [2.75, 3.05) is 20.8 Å². The largest absolute Gasteiger partial charge is 0.379 e. The van der Waals surface area contributed by atoms with E-state index in [4.69, 9.17) is 15.2 Å². The normalized spacial score (nSPS) is 30.0. The van der Waals surface area contributed by atoms with Gasteiger partial charge in [-0.2, -0.15) is 0 Å². The van der Waals surface area contributed by atoms with Crippen molar-refractivity contribution in [1.29, 1.82) is 0 Å². The molecule has 0 unspecified atom stereocenters. The van der Waals surface area contributed by atoms with Gasteiger partial charge in [0.15, 0.2) is 0 Å². The van der Waals surface area contributed by atoms with Crippen LogP contribution in [-0.2, 0) is 9.47 Å². The van der Waals surface area contributed by atoms with Gasteiger partial charge in [-0.3, -0.25) is 0 Å². The van der Waals surface area contributed by atoms with Crippen LogP contribution in [0.2, 0.25) is 0 Å². The standard InChI is InChI=1S/C11H22N2O3/c1-15-9-4-3-8(7-10(9)16-2)5-6-13-11(12)14/h8-10H,3-7H2,1-2H3,(H3,12,13,14)/t8-,9-,10+/m1/s1. The van der Waals surface area contributed by atoms with Crippen LogP contribution in [0, 0.1) is 5.92 Å². The molecule has 3 atom stereocenters. The zero-order chi connectivity index (χ0) is 12.0. The molecule has 0 aromatic heterocycles. The lowest BCUT2D eigenvalue weighted by atomic mass is 9.83.